The quantitative estimate of drug-likeness (QED) is 0.627. The van der Waals surface area contributed by atoms with Crippen molar-refractivity contribution in [3.8, 4) is 0 Å². The summed E-state index contributed by atoms with van der Waals surface area (Å²) in [6.45, 7) is 5.24. The molecule has 2 N–H and O–H groups in total. The number of ether oxygens (including phenoxy) is 1. The lowest BCUT2D eigenvalue weighted by Gasteiger charge is -2.32. The molecule has 0 bridgehead atoms. The van der Waals surface area contributed by atoms with Gasteiger partial charge in [-0.15, -0.1) is 0 Å². The Morgan fingerprint density at radius 3 is 2.65 bits per heavy atom. The first-order valence-corrected chi connectivity index (χ1v) is 9.64. The summed E-state index contributed by atoms with van der Waals surface area (Å²) in [7, 11) is 1.43. The Hall–Kier alpha value is -2.24. The van der Waals surface area contributed by atoms with Crippen molar-refractivity contribution < 1.29 is 9.53 Å². The molecule has 2 atom stereocenters. The van der Waals surface area contributed by atoms with Gasteiger partial charge in [0.1, 0.15) is 0 Å². The van der Waals surface area contributed by atoms with Crippen molar-refractivity contribution in [2.45, 2.75) is 38.1 Å². The normalized spacial score (nSPS) is 23.5. The van der Waals surface area contributed by atoms with E-state index in [1.165, 1.54) is 19.1 Å². The fraction of sp³-hybridized carbons (Fsp3) is 0.600. The van der Waals surface area contributed by atoms with E-state index >= 15 is 0 Å². The zero-order valence-corrected chi connectivity index (χ0v) is 15.8. The number of likely N-dealkylation sites (tertiary alicyclic amines) is 1. The van der Waals surface area contributed by atoms with E-state index in [-0.39, 0.29) is 6.09 Å². The maximum Gasteiger partial charge on any atom is 0.409 e. The molecule has 1 aromatic rings. The summed E-state index contributed by atoms with van der Waals surface area (Å²) < 4.78 is 4.79. The van der Waals surface area contributed by atoms with Crippen LogP contribution in [0.5, 0.6) is 0 Å². The van der Waals surface area contributed by atoms with E-state index in [2.05, 4.69) is 47.9 Å². The number of carbonyl (C=O) groups excluding carboxylic acids is 1. The van der Waals surface area contributed by atoms with Gasteiger partial charge in [0.05, 0.1) is 7.11 Å². The average molecular weight is 358 g/mol. The zero-order valence-electron chi connectivity index (χ0n) is 15.8. The number of carbonyl (C=O) groups is 1. The largest absolute Gasteiger partial charge is 0.453 e. The number of amides is 1. The second-order valence-corrected chi connectivity index (χ2v) is 7.11. The molecular formula is C20H30N4O2. The maximum absolute atomic E-state index is 11.6. The lowest BCUT2D eigenvalue weighted by molar-refractivity contribution is 0.111. The van der Waals surface area contributed by atoms with Crippen LogP contribution in [0.3, 0.4) is 0 Å². The number of rotatable bonds is 5. The topological polar surface area (TPSA) is 66.0 Å². The summed E-state index contributed by atoms with van der Waals surface area (Å²) >= 11 is 0. The summed E-state index contributed by atoms with van der Waals surface area (Å²) in [4.78, 5) is 18.1. The summed E-state index contributed by atoms with van der Waals surface area (Å²) in [5, 5.41) is 6.88. The highest BCUT2D eigenvalue weighted by Crippen LogP contribution is 2.47. The molecule has 1 saturated carbocycles. The molecule has 0 spiro atoms. The van der Waals surface area contributed by atoms with Crippen molar-refractivity contribution in [3.05, 3.63) is 35.9 Å². The van der Waals surface area contributed by atoms with Crippen molar-refractivity contribution in [3.63, 3.8) is 0 Å². The van der Waals surface area contributed by atoms with Crippen LogP contribution >= 0.6 is 0 Å². The van der Waals surface area contributed by atoms with E-state index < -0.39 is 0 Å². The Morgan fingerprint density at radius 1 is 1.27 bits per heavy atom. The van der Waals surface area contributed by atoms with Gasteiger partial charge >= 0.3 is 6.09 Å². The summed E-state index contributed by atoms with van der Waals surface area (Å²) in [6.07, 6.45) is 2.82. The predicted octanol–water partition coefficient (Wildman–Crippen LogP) is 2.58. The third-order valence-electron chi connectivity index (χ3n) is 5.25. The van der Waals surface area contributed by atoms with Gasteiger partial charge in [0.15, 0.2) is 5.96 Å². The number of methoxy groups -OCH3 is 1. The van der Waals surface area contributed by atoms with Crippen molar-refractivity contribution in [1.29, 1.82) is 0 Å². The fourth-order valence-electron chi connectivity index (χ4n) is 3.62. The highest BCUT2D eigenvalue weighted by molar-refractivity contribution is 5.80. The van der Waals surface area contributed by atoms with E-state index in [1.807, 2.05) is 0 Å². The van der Waals surface area contributed by atoms with Gasteiger partial charge in [0, 0.05) is 32.2 Å². The van der Waals surface area contributed by atoms with Crippen LogP contribution in [0.2, 0.25) is 0 Å². The number of guanidine groups is 1. The molecule has 1 aromatic carbocycles. The highest BCUT2D eigenvalue weighted by Gasteiger charge is 2.37. The third kappa shape index (κ3) is 4.90. The monoisotopic (exact) mass is 358 g/mol. The maximum atomic E-state index is 11.6. The van der Waals surface area contributed by atoms with Crippen LogP contribution in [0.4, 0.5) is 4.79 Å². The molecule has 2 aliphatic rings. The van der Waals surface area contributed by atoms with Gasteiger partial charge < -0.3 is 20.3 Å². The van der Waals surface area contributed by atoms with E-state index in [0.29, 0.717) is 17.9 Å². The van der Waals surface area contributed by atoms with E-state index in [4.69, 9.17) is 9.73 Å². The first-order chi connectivity index (χ1) is 12.7. The summed E-state index contributed by atoms with van der Waals surface area (Å²) in [5.74, 6) is 2.20. The van der Waals surface area contributed by atoms with Crippen LogP contribution in [0.25, 0.3) is 0 Å². The Bertz CT molecular complexity index is 611. The van der Waals surface area contributed by atoms with Gasteiger partial charge in [-0.25, -0.2) is 4.79 Å². The first kappa shape index (κ1) is 18.5. The van der Waals surface area contributed by atoms with Gasteiger partial charge in [-0.2, -0.15) is 0 Å². The van der Waals surface area contributed by atoms with Crippen LogP contribution in [0.15, 0.2) is 35.3 Å². The molecule has 3 rings (SSSR count). The second kappa shape index (κ2) is 8.92. The lowest BCUT2D eigenvalue weighted by Crippen LogP contribution is -2.49. The molecular weight excluding hydrogens is 328 g/mol. The standard InChI is InChI=1S/C20H30N4O2/c1-3-21-19(23-17-9-11-24(12-10-17)20(25)26-2)22-14-16-13-18(16)15-7-5-4-6-8-15/h4-8,16-18H,3,9-14H2,1-2H3,(H2,21,22,23). The highest BCUT2D eigenvalue weighted by atomic mass is 16.5. The molecule has 6 heteroatoms. The number of benzene rings is 1. The number of hydrogen-bond acceptors (Lipinski definition) is 3. The van der Waals surface area contributed by atoms with Gasteiger partial charge in [-0.05, 0) is 43.6 Å². The van der Waals surface area contributed by atoms with Crippen LogP contribution in [-0.2, 0) is 4.74 Å². The van der Waals surface area contributed by atoms with Crippen LogP contribution < -0.4 is 10.6 Å². The van der Waals surface area contributed by atoms with Gasteiger partial charge in [-0.3, -0.25) is 4.99 Å². The summed E-state index contributed by atoms with van der Waals surface area (Å²) in [5.41, 5.74) is 1.43. The number of hydrogen-bond donors (Lipinski definition) is 2. The molecule has 1 aliphatic heterocycles. The summed E-state index contributed by atoms with van der Waals surface area (Å²) in [6, 6.07) is 11.1. The van der Waals surface area contributed by atoms with Gasteiger partial charge in [0.25, 0.3) is 0 Å². The Morgan fingerprint density at radius 2 is 2.00 bits per heavy atom. The molecule has 2 fully saturated rings. The van der Waals surface area contributed by atoms with E-state index in [1.54, 1.807) is 4.90 Å². The van der Waals surface area contributed by atoms with Gasteiger partial charge in [0.2, 0.25) is 0 Å². The number of nitrogens with zero attached hydrogens (tertiary/aromatic N) is 2. The van der Waals surface area contributed by atoms with Crippen molar-refractivity contribution in [2.24, 2.45) is 10.9 Å². The van der Waals surface area contributed by atoms with E-state index in [0.717, 1.165) is 45.0 Å². The molecule has 0 radical (unpaired) electrons. The minimum Gasteiger partial charge on any atom is -0.453 e. The minimum atomic E-state index is -0.232. The molecule has 1 heterocycles. The third-order valence-corrected chi connectivity index (χ3v) is 5.25. The van der Waals surface area contributed by atoms with Crippen LogP contribution in [0.1, 0.15) is 37.7 Å². The number of piperidine rings is 1. The van der Waals surface area contributed by atoms with Crippen molar-refractivity contribution in [1.82, 2.24) is 15.5 Å². The first-order valence-electron chi connectivity index (χ1n) is 9.64. The molecule has 6 nitrogen and oxygen atoms in total. The Balaban J connectivity index is 1.47. The van der Waals surface area contributed by atoms with Crippen molar-refractivity contribution >= 4 is 12.1 Å². The smallest absolute Gasteiger partial charge is 0.409 e. The van der Waals surface area contributed by atoms with Crippen LogP contribution in [-0.4, -0.2) is 56.3 Å². The van der Waals surface area contributed by atoms with Crippen LogP contribution in [0, 0.1) is 5.92 Å². The minimum absolute atomic E-state index is 0.232. The lowest BCUT2D eigenvalue weighted by atomic mass is 10.1. The molecule has 0 aromatic heterocycles. The Labute approximate surface area is 156 Å². The SMILES string of the molecule is CCNC(=NCC1CC1c1ccccc1)NC1CCN(C(=O)OC)CC1. The molecule has 2 unspecified atom stereocenters. The van der Waals surface area contributed by atoms with E-state index in [9.17, 15) is 4.79 Å². The van der Waals surface area contributed by atoms with Crippen molar-refractivity contribution in [2.75, 3.05) is 33.3 Å². The number of aliphatic imine (C=N–C) groups is 1. The molecule has 1 amide bonds. The Kier molecular flexibility index (Phi) is 6.36. The predicted molar refractivity (Wildman–Crippen MR) is 103 cm³/mol. The van der Waals surface area contributed by atoms with Gasteiger partial charge in [-0.1, -0.05) is 30.3 Å². The molecule has 142 valence electrons. The molecule has 1 saturated heterocycles. The fourth-order valence-corrected chi connectivity index (χ4v) is 3.62. The average Bonchev–Trinajstić information content (AvgIpc) is 3.47. The zero-order chi connectivity index (χ0) is 18.4. The second-order valence-electron chi connectivity index (χ2n) is 7.11. The molecule has 1 aliphatic carbocycles. The number of nitrogens with one attached hydrogen (secondary N) is 2. The molecule has 26 heavy (non-hydrogen) atoms.